The lowest BCUT2D eigenvalue weighted by molar-refractivity contribution is -0.128. The van der Waals surface area contributed by atoms with Gasteiger partial charge in [-0.1, -0.05) is 64.5 Å². The third-order valence-electron chi connectivity index (χ3n) is 7.40. The molecule has 0 aromatic heterocycles. The minimum Gasteiger partial charge on any atom is -0.394 e. The van der Waals surface area contributed by atoms with Crippen molar-refractivity contribution in [3.05, 3.63) is 87.9 Å². The first-order chi connectivity index (χ1) is 20.0. The maximum atomic E-state index is 14.0. The number of hydrogen-bond acceptors (Lipinski definition) is 6. The van der Waals surface area contributed by atoms with Crippen LogP contribution in [0.15, 0.2) is 71.2 Å². The highest BCUT2D eigenvalue weighted by Gasteiger charge is 2.33. The van der Waals surface area contributed by atoms with Gasteiger partial charge in [-0.25, -0.2) is 0 Å². The van der Waals surface area contributed by atoms with Gasteiger partial charge in [0.2, 0.25) is 17.7 Å². The predicted molar refractivity (Wildman–Crippen MR) is 166 cm³/mol. The molecule has 0 saturated heterocycles. The van der Waals surface area contributed by atoms with Gasteiger partial charge in [-0.05, 0) is 67.1 Å². The molecule has 0 bridgehead atoms. The van der Waals surface area contributed by atoms with Crippen LogP contribution in [0.5, 0.6) is 0 Å². The highest BCUT2D eigenvalue weighted by atomic mass is 79.9. The van der Waals surface area contributed by atoms with Crippen molar-refractivity contribution in [3.63, 3.8) is 0 Å². The minimum atomic E-state index is -0.922. The number of para-hydroxylation sites is 1. The summed E-state index contributed by atoms with van der Waals surface area (Å²) in [6.07, 6.45) is 0.243. The summed E-state index contributed by atoms with van der Waals surface area (Å²) < 4.78 is 0.771. The van der Waals surface area contributed by atoms with Crippen LogP contribution in [0.4, 0.5) is 5.69 Å². The zero-order chi connectivity index (χ0) is 30.4. The van der Waals surface area contributed by atoms with E-state index in [0.717, 1.165) is 32.4 Å². The number of carbonyl (C=O) groups excluding carboxylic acids is 3. The summed E-state index contributed by atoms with van der Waals surface area (Å²) in [6, 6.07) is 19.9. The number of hydrogen-bond donors (Lipinski definition) is 5. The van der Waals surface area contributed by atoms with Gasteiger partial charge in [0, 0.05) is 34.2 Å². The number of β-amino-alcohol motifs (C(OH)–C–C–N with tert-alkyl or cyclic N) is 1. The first kappa shape index (κ1) is 31.4. The molecule has 0 fully saturated rings. The molecular weight excluding hydrogens is 600 g/mol. The lowest BCUT2D eigenvalue weighted by atomic mass is 9.98. The van der Waals surface area contributed by atoms with Crippen molar-refractivity contribution in [1.29, 1.82) is 0 Å². The molecule has 4 rings (SSSR count). The van der Waals surface area contributed by atoms with E-state index in [1.807, 2.05) is 68.4 Å². The molecule has 1 aliphatic rings. The van der Waals surface area contributed by atoms with Crippen LogP contribution < -0.4 is 21.3 Å². The van der Waals surface area contributed by atoms with Crippen molar-refractivity contribution in [2.75, 3.05) is 18.1 Å². The number of primary amides is 1. The SMILES string of the molecule is CC(C)(CC(=O)N[C@@H]1CCc2ccccc2N(Cc2ccc(-c3ccccc3C(N)=O)cc2Br)C1=O)NC[C@H](O)CO. The van der Waals surface area contributed by atoms with E-state index in [0.29, 0.717) is 18.4 Å². The number of nitrogens with zero attached hydrogens (tertiary/aromatic N) is 1. The van der Waals surface area contributed by atoms with Crippen LogP contribution in [-0.4, -0.2) is 58.8 Å². The van der Waals surface area contributed by atoms with Gasteiger partial charge in [0.1, 0.15) is 6.04 Å². The highest BCUT2D eigenvalue weighted by Crippen LogP contribution is 2.33. The molecule has 1 aliphatic heterocycles. The zero-order valence-electron chi connectivity index (χ0n) is 23.8. The van der Waals surface area contributed by atoms with E-state index < -0.39 is 23.6 Å². The van der Waals surface area contributed by atoms with E-state index in [1.54, 1.807) is 17.0 Å². The Bertz CT molecular complexity index is 1460. The summed E-state index contributed by atoms with van der Waals surface area (Å²) in [6.45, 7) is 3.70. The smallest absolute Gasteiger partial charge is 0.249 e. The first-order valence-electron chi connectivity index (χ1n) is 13.9. The number of nitrogens with one attached hydrogen (secondary N) is 2. The van der Waals surface area contributed by atoms with E-state index in [9.17, 15) is 19.5 Å². The van der Waals surface area contributed by atoms with Gasteiger partial charge in [0.15, 0.2) is 0 Å². The first-order valence-corrected chi connectivity index (χ1v) is 14.7. The fraction of sp³-hybridized carbons (Fsp3) is 0.344. The fourth-order valence-corrected chi connectivity index (χ4v) is 5.65. The number of benzene rings is 3. The van der Waals surface area contributed by atoms with E-state index in [2.05, 4.69) is 26.6 Å². The Kier molecular flexibility index (Phi) is 10.2. The Hall–Kier alpha value is -3.57. The van der Waals surface area contributed by atoms with Gasteiger partial charge in [0.25, 0.3) is 0 Å². The molecule has 0 saturated carbocycles. The summed E-state index contributed by atoms with van der Waals surface area (Å²) in [4.78, 5) is 40.7. The van der Waals surface area contributed by atoms with E-state index in [4.69, 9.17) is 10.8 Å². The molecule has 0 aliphatic carbocycles. The second-order valence-corrected chi connectivity index (χ2v) is 12.1. The number of anilines is 1. The Morgan fingerprint density at radius 1 is 1.12 bits per heavy atom. The normalized spacial score (nSPS) is 16.0. The highest BCUT2D eigenvalue weighted by molar-refractivity contribution is 9.10. The molecular formula is C32H37BrN4O5. The standard InChI is InChI=1S/C32H37BrN4O5/c1-32(2,35-17-23(39)19-38)16-29(40)36-27-14-13-20-7-3-6-10-28(20)37(31(27)42)18-22-12-11-21(15-26(22)33)24-8-4-5-9-25(24)30(34)41/h3-12,15,23,27,35,38-39H,13-14,16-19H2,1-2H3,(H2,34,41)(H,36,40)/t23-,27+/m0/s1. The molecule has 222 valence electrons. The predicted octanol–water partition coefficient (Wildman–Crippen LogP) is 3.29. The number of aliphatic hydroxyl groups excluding tert-OH is 2. The van der Waals surface area contributed by atoms with Crippen LogP contribution in [0, 0.1) is 0 Å². The summed E-state index contributed by atoms with van der Waals surface area (Å²) in [5.41, 5.74) is 9.57. The van der Waals surface area contributed by atoms with E-state index >= 15 is 0 Å². The average molecular weight is 638 g/mol. The van der Waals surface area contributed by atoms with Crippen molar-refractivity contribution in [2.24, 2.45) is 5.73 Å². The topological polar surface area (TPSA) is 145 Å². The third-order valence-corrected chi connectivity index (χ3v) is 8.14. The van der Waals surface area contributed by atoms with Crippen LogP contribution in [0.2, 0.25) is 0 Å². The van der Waals surface area contributed by atoms with Gasteiger partial charge in [-0.2, -0.15) is 0 Å². The number of nitrogens with two attached hydrogens (primary N) is 1. The number of rotatable bonds is 11. The number of halogens is 1. The average Bonchev–Trinajstić information content (AvgIpc) is 3.09. The molecule has 0 unspecified atom stereocenters. The summed E-state index contributed by atoms with van der Waals surface area (Å²) in [7, 11) is 0. The Morgan fingerprint density at radius 2 is 1.83 bits per heavy atom. The van der Waals surface area contributed by atoms with Crippen LogP contribution in [-0.2, 0) is 22.6 Å². The van der Waals surface area contributed by atoms with E-state index in [1.165, 1.54) is 0 Å². The van der Waals surface area contributed by atoms with Gasteiger partial charge in [0.05, 0.1) is 19.3 Å². The Morgan fingerprint density at radius 3 is 2.55 bits per heavy atom. The lowest BCUT2D eigenvalue weighted by Gasteiger charge is -2.29. The molecule has 9 nitrogen and oxygen atoms in total. The van der Waals surface area contributed by atoms with Crippen molar-refractivity contribution < 1.29 is 24.6 Å². The quantitative estimate of drug-likeness (QED) is 0.218. The number of amides is 3. The van der Waals surface area contributed by atoms with Crippen LogP contribution in [0.25, 0.3) is 11.1 Å². The van der Waals surface area contributed by atoms with Crippen molar-refractivity contribution in [3.8, 4) is 11.1 Å². The third kappa shape index (κ3) is 7.63. The Labute approximate surface area is 254 Å². The summed E-state index contributed by atoms with van der Waals surface area (Å²) in [5.74, 6) is -0.994. The second kappa shape index (κ2) is 13.6. The number of aliphatic hydroxyl groups is 2. The molecule has 42 heavy (non-hydrogen) atoms. The van der Waals surface area contributed by atoms with E-state index in [-0.39, 0.29) is 37.9 Å². The summed E-state index contributed by atoms with van der Waals surface area (Å²) >= 11 is 3.67. The van der Waals surface area contributed by atoms with Crippen LogP contribution in [0.3, 0.4) is 0 Å². The fourth-order valence-electron chi connectivity index (χ4n) is 5.14. The molecule has 1 heterocycles. The molecule has 10 heteroatoms. The van der Waals surface area contributed by atoms with Gasteiger partial charge < -0.3 is 31.5 Å². The second-order valence-electron chi connectivity index (χ2n) is 11.2. The molecule has 0 spiro atoms. The largest absolute Gasteiger partial charge is 0.394 e. The maximum Gasteiger partial charge on any atom is 0.249 e. The number of fused-ring (bicyclic) bond motifs is 1. The molecule has 3 amide bonds. The molecule has 0 radical (unpaired) electrons. The van der Waals surface area contributed by atoms with Crippen LogP contribution >= 0.6 is 15.9 Å². The number of aryl methyl sites for hydroxylation is 1. The number of carbonyl (C=O) groups is 3. The monoisotopic (exact) mass is 636 g/mol. The molecule has 2 atom stereocenters. The van der Waals surface area contributed by atoms with Gasteiger partial charge in [-0.3, -0.25) is 14.4 Å². The van der Waals surface area contributed by atoms with Crippen molar-refractivity contribution in [2.45, 2.75) is 57.3 Å². The zero-order valence-corrected chi connectivity index (χ0v) is 25.4. The Balaban J connectivity index is 1.55. The van der Waals surface area contributed by atoms with Crippen molar-refractivity contribution in [1.82, 2.24) is 10.6 Å². The summed E-state index contributed by atoms with van der Waals surface area (Å²) in [5, 5.41) is 24.8. The van der Waals surface area contributed by atoms with Gasteiger partial charge >= 0.3 is 0 Å². The van der Waals surface area contributed by atoms with Crippen molar-refractivity contribution >= 4 is 39.3 Å². The van der Waals surface area contributed by atoms with Crippen LogP contribution in [0.1, 0.15) is 48.2 Å². The molecule has 3 aromatic carbocycles. The lowest BCUT2D eigenvalue weighted by Crippen LogP contribution is -2.51. The molecule has 3 aromatic rings. The van der Waals surface area contributed by atoms with Gasteiger partial charge in [-0.15, -0.1) is 0 Å². The maximum absolute atomic E-state index is 14.0. The molecule has 6 N–H and O–H groups in total. The minimum absolute atomic E-state index is 0.0850.